The molecule has 1 aliphatic rings. The predicted octanol–water partition coefficient (Wildman–Crippen LogP) is 2.28. The number of rotatable bonds is 4. The van der Waals surface area contributed by atoms with Crippen molar-refractivity contribution in [3.8, 4) is 12.3 Å². The summed E-state index contributed by atoms with van der Waals surface area (Å²) < 4.78 is 0. The quantitative estimate of drug-likeness (QED) is 0.864. The molecule has 0 radical (unpaired) electrons. The summed E-state index contributed by atoms with van der Waals surface area (Å²) in [4.78, 5) is 4.46. The van der Waals surface area contributed by atoms with E-state index in [-0.39, 0.29) is 0 Å². The van der Waals surface area contributed by atoms with Crippen molar-refractivity contribution in [1.82, 2.24) is 9.80 Å². The van der Waals surface area contributed by atoms with Gasteiger partial charge in [-0.05, 0) is 12.1 Å². The lowest BCUT2D eigenvalue weighted by atomic mass is 10.1. The summed E-state index contributed by atoms with van der Waals surface area (Å²) in [7, 11) is 0. The van der Waals surface area contributed by atoms with Crippen molar-refractivity contribution in [3.63, 3.8) is 0 Å². The Kier molecular flexibility index (Phi) is 5.71. The average Bonchev–Trinajstić information content (AvgIpc) is 2.41. The second-order valence-electron chi connectivity index (χ2n) is 4.96. The van der Waals surface area contributed by atoms with E-state index in [1.165, 1.54) is 0 Å². The molecule has 1 saturated heterocycles. The Morgan fingerprint density at radius 3 is 2.45 bits per heavy atom. The van der Waals surface area contributed by atoms with Gasteiger partial charge in [-0.3, -0.25) is 9.80 Å². The Labute approximate surface area is 130 Å². The molecule has 20 heavy (non-hydrogen) atoms. The van der Waals surface area contributed by atoms with Crippen molar-refractivity contribution < 1.29 is 5.11 Å². The molecule has 1 unspecified atom stereocenters. The van der Waals surface area contributed by atoms with Crippen LogP contribution in [0.4, 0.5) is 0 Å². The highest BCUT2D eigenvalue weighted by atomic mass is 35.5. The SMILES string of the molecule is C#CCN1CCN(CC(O)c2ccc(Cl)cc2Cl)CC1. The molecule has 1 N–H and O–H groups in total. The second kappa shape index (κ2) is 7.31. The van der Waals surface area contributed by atoms with Gasteiger partial charge < -0.3 is 5.11 Å². The van der Waals surface area contributed by atoms with Gasteiger partial charge in [0.15, 0.2) is 0 Å². The smallest absolute Gasteiger partial charge is 0.0931 e. The van der Waals surface area contributed by atoms with Crippen LogP contribution < -0.4 is 0 Å². The molecule has 108 valence electrons. The van der Waals surface area contributed by atoms with Gasteiger partial charge in [0.25, 0.3) is 0 Å². The number of nitrogens with zero attached hydrogens (tertiary/aromatic N) is 2. The van der Waals surface area contributed by atoms with Crippen molar-refractivity contribution in [2.45, 2.75) is 6.10 Å². The van der Waals surface area contributed by atoms with E-state index in [9.17, 15) is 5.11 Å². The van der Waals surface area contributed by atoms with Gasteiger partial charge >= 0.3 is 0 Å². The number of aliphatic hydroxyl groups is 1. The molecular weight excluding hydrogens is 295 g/mol. The van der Waals surface area contributed by atoms with Gasteiger partial charge in [0.2, 0.25) is 0 Å². The minimum Gasteiger partial charge on any atom is -0.387 e. The lowest BCUT2D eigenvalue weighted by Crippen LogP contribution is -2.47. The number of hydrogen-bond acceptors (Lipinski definition) is 3. The first-order chi connectivity index (χ1) is 9.60. The minimum absolute atomic E-state index is 0.510. The zero-order chi connectivity index (χ0) is 14.5. The molecule has 0 bridgehead atoms. The number of benzene rings is 1. The summed E-state index contributed by atoms with van der Waals surface area (Å²) >= 11 is 12.0. The van der Waals surface area contributed by atoms with Crippen LogP contribution in [-0.2, 0) is 0 Å². The van der Waals surface area contributed by atoms with Gasteiger partial charge in [0.05, 0.1) is 12.6 Å². The van der Waals surface area contributed by atoms with E-state index >= 15 is 0 Å². The van der Waals surface area contributed by atoms with Crippen LogP contribution in [0.5, 0.6) is 0 Å². The van der Waals surface area contributed by atoms with Crippen molar-refractivity contribution in [1.29, 1.82) is 0 Å². The molecular formula is C15H18Cl2N2O. The summed E-state index contributed by atoms with van der Waals surface area (Å²) in [5, 5.41) is 11.4. The van der Waals surface area contributed by atoms with E-state index < -0.39 is 6.10 Å². The maximum atomic E-state index is 10.3. The van der Waals surface area contributed by atoms with Gasteiger partial charge in [-0.2, -0.15) is 0 Å². The van der Waals surface area contributed by atoms with E-state index in [0.717, 1.165) is 31.7 Å². The van der Waals surface area contributed by atoms with Crippen LogP contribution in [0.2, 0.25) is 10.0 Å². The molecule has 3 nitrogen and oxygen atoms in total. The fourth-order valence-corrected chi connectivity index (χ4v) is 2.91. The van der Waals surface area contributed by atoms with Crippen molar-refractivity contribution >= 4 is 23.2 Å². The molecule has 1 aromatic rings. The highest BCUT2D eigenvalue weighted by Gasteiger charge is 2.20. The maximum absolute atomic E-state index is 10.3. The number of terminal acetylenes is 1. The zero-order valence-electron chi connectivity index (χ0n) is 11.2. The molecule has 1 aliphatic heterocycles. The molecule has 1 atom stereocenters. The second-order valence-corrected chi connectivity index (χ2v) is 5.81. The molecule has 0 amide bonds. The summed E-state index contributed by atoms with van der Waals surface area (Å²) in [5.41, 5.74) is 0.724. The number of piperazine rings is 1. The minimum atomic E-state index is -0.598. The first-order valence-electron chi connectivity index (χ1n) is 6.61. The average molecular weight is 313 g/mol. The third kappa shape index (κ3) is 4.12. The van der Waals surface area contributed by atoms with Crippen molar-refractivity contribution in [3.05, 3.63) is 33.8 Å². The van der Waals surface area contributed by atoms with Crippen molar-refractivity contribution in [2.75, 3.05) is 39.3 Å². The molecule has 1 fully saturated rings. The summed E-state index contributed by atoms with van der Waals surface area (Å²) in [6.45, 7) is 4.95. The van der Waals surface area contributed by atoms with E-state index in [1.807, 2.05) is 0 Å². The Bertz CT molecular complexity index is 493. The Morgan fingerprint density at radius 1 is 1.20 bits per heavy atom. The number of halogens is 2. The lowest BCUT2D eigenvalue weighted by Gasteiger charge is -2.34. The number of β-amino-alcohol motifs (C(OH)–C–C–N with tert-alkyl or cyclic N) is 1. The van der Waals surface area contributed by atoms with Gasteiger partial charge in [-0.25, -0.2) is 0 Å². The van der Waals surface area contributed by atoms with Crippen LogP contribution in [0.3, 0.4) is 0 Å². The van der Waals surface area contributed by atoms with Crippen LogP contribution in [0.1, 0.15) is 11.7 Å². The monoisotopic (exact) mass is 312 g/mol. The molecule has 0 aliphatic carbocycles. The van der Waals surface area contributed by atoms with E-state index in [4.69, 9.17) is 29.6 Å². The molecule has 0 aromatic heterocycles. The molecule has 0 spiro atoms. The summed E-state index contributed by atoms with van der Waals surface area (Å²) in [6, 6.07) is 5.19. The van der Waals surface area contributed by atoms with E-state index in [1.54, 1.807) is 18.2 Å². The van der Waals surface area contributed by atoms with E-state index in [0.29, 0.717) is 23.1 Å². The molecule has 2 rings (SSSR count). The van der Waals surface area contributed by atoms with Crippen LogP contribution in [0.15, 0.2) is 18.2 Å². The predicted molar refractivity (Wildman–Crippen MR) is 83.1 cm³/mol. The molecule has 0 saturated carbocycles. The van der Waals surface area contributed by atoms with Crippen LogP contribution >= 0.6 is 23.2 Å². The standard InChI is InChI=1S/C15H18Cl2N2O/c1-2-5-18-6-8-19(9-7-18)11-15(20)13-4-3-12(16)10-14(13)17/h1,3-4,10,15,20H,5-9,11H2. The van der Waals surface area contributed by atoms with Crippen LogP contribution in [0.25, 0.3) is 0 Å². The zero-order valence-corrected chi connectivity index (χ0v) is 12.7. The Hall–Kier alpha value is -0.760. The lowest BCUT2D eigenvalue weighted by molar-refractivity contribution is 0.0770. The largest absolute Gasteiger partial charge is 0.387 e. The van der Waals surface area contributed by atoms with E-state index in [2.05, 4.69) is 15.7 Å². The fraction of sp³-hybridized carbons (Fsp3) is 0.467. The maximum Gasteiger partial charge on any atom is 0.0931 e. The summed E-state index contributed by atoms with van der Waals surface area (Å²) in [6.07, 6.45) is 4.71. The third-order valence-electron chi connectivity index (χ3n) is 3.53. The van der Waals surface area contributed by atoms with Gasteiger partial charge in [-0.1, -0.05) is 35.2 Å². The third-order valence-corrected chi connectivity index (χ3v) is 4.09. The Morgan fingerprint density at radius 2 is 1.85 bits per heavy atom. The highest BCUT2D eigenvalue weighted by Crippen LogP contribution is 2.27. The van der Waals surface area contributed by atoms with Crippen LogP contribution in [0, 0.1) is 12.3 Å². The van der Waals surface area contributed by atoms with Crippen molar-refractivity contribution in [2.24, 2.45) is 0 Å². The first-order valence-corrected chi connectivity index (χ1v) is 7.37. The molecule has 1 aromatic carbocycles. The van der Waals surface area contributed by atoms with Crippen LogP contribution in [-0.4, -0.2) is 54.2 Å². The van der Waals surface area contributed by atoms with Gasteiger partial charge in [0.1, 0.15) is 0 Å². The molecule has 1 heterocycles. The number of hydrogen-bond donors (Lipinski definition) is 1. The normalized spacial score (nSPS) is 18.7. The van der Waals surface area contributed by atoms with Gasteiger partial charge in [0, 0.05) is 48.3 Å². The highest BCUT2D eigenvalue weighted by molar-refractivity contribution is 6.35. The first kappa shape index (κ1) is 15.6. The molecule has 5 heteroatoms. The summed E-state index contributed by atoms with van der Waals surface area (Å²) in [5.74, 6) is 2.66. The number of aliphatic hydroxyl groups excluding tert-OH is 1. The topological polar surface area (TPSA) is 26.7 Å². The Balaban J connectivity index is 1.89. The van der Waals surface area contributed by atoms with Gasteiger partial charge in [-0.15, -0.1) is 6.42 Å². The fourth-order valence-electron chi connectivity index (χ4n) is 2.37.